The molecule has 8 heteroatoms. The second-order valence-electron chi connectivity index (χ2n) is 8.68. The minimum atomic E-state index is -1.25. The van der Waals surface area contributed by atoms with Gasteiger partial charge in [-0.1, -0.05) is 18.2 Å². The number of hydrogen-bond donors (Lipinski definition) is 1. The Bertz CT molecular complexity index is 769. The Morgan fingerprint density at radius 2 is 1.96 bits per heavy atom. The Morgan fingerprint density at radius 3 is 2.64 bits per heavy atom. The lowest BCUT2D eigenvalue weighted by molar-refractivity contribution is -0.154. The van der Waals surface area contributed by atoms with E-state index in [1.165, 1.54) is 4.90 Å². The van der Waals surface area contributed by atoms with Crippen LogP contribution in [0.2, 0.25) is 0 Å². The maximum Gasteiger partial charge on any atom is 0.313 e. The molecule has 0 saturated carbocycles. The Balaban J connectivity index is 1.85. The predicted molar refractivity (Wildman–Crippen MR) is 97.9 cm³/mol. The fourth-order valence-electron chi connectivity index (χ4n) is 4.92. The van der Waals surface area contributed by atoms with E-state index in [9.17, 15) is 19.5 Å². The van der Waals surface area contributed by atoms with E-state index < -0.39 is 41.1 Å². The highest BCUT2D eigenvalue weighted by Gasteiger charge is 2.72. The fourth-order valence-corrected chi connectivity index (χ4v) is 4.92. The predicted octanol–water partition coefficient (Wildman–Crippen LogP) is -0.131. The summed E-state index contributed by atoms with van der Waals surface area (Å²) in [6.45, 7) is 6.04. The molecule has 0 aliphatic carbocycles. The minimum Gasteiger partial charge on any atom is -0.461 e. The second kappa shape index (κ2) is 6.42. The largest absolute Gasteiger partial charge is 0.461 e. The van der Waals surface area contributed by atoms with Crippen LogP contribution in [0, 0.1) is 11.8 Å². The number of carbonyl (C=O) groups excluding carboxylic acids is 3. The molecular formula is C20H26N2O6. The lowest BCUT2D eigenvalue weighted by Gasteiger charge is -2.40. The van der Waals surface area contributed by atoms with Crippen molar-refractivity contribution in [2.24, 2.45) is 11.8 Å². The summed E-state index contributed by atoms with van der Waals surface area (Å²) in [6, 6.07) is -0.928. The number of ether oxygens (including phenoxy) is 2. The minimum absolute atomic E-state index is 0.00491. The molecule has 152 valence electrons. The Kier molecular flexibility index (Phi) is 4.39. The number of carbonyl (C=O) groups is 3. The van der Waals surface area contributed by atoms with Crippen molar-refractivity contribution in [1.82, 2.24) is 9.80 Å². The van der Waals surface area contributed by atoms with Crippen LogP contribution in [0.25, 0.3) is 0 Å². The van der Waals surface area contributed by atoms with Crippen LogP contribution in [-0.4, -0.2) is 82.3 Å². The van der Waals surface area contributed by atoms with Gasteiger partial charge in [0.25, 0.3) is 0 Å². The van der Waals surface area contributed by atoms with Crippen molar-refractivity contribution < 1.29 is 29.0 Å². The number of fused-ring (bicyclic) bond motifs is 2. The van der Waals surface area contributed by atoms with Crippen molar-refractivity contribution >= 4 is 17.8 Å². The van der Waals surface area contributed by atoms with Crippen LogP contribution in [0.5, 0.6) is 0 Å². The molecule has 1 N–H and O–H groups in total. The van der Waals surface area contributed by atoms with Gasteiger partial charge in [0.05, 0.1) is 18.6 Å². The first-order chi connectivity index (χ1) is 13.2. The number of hydrogen-bond acceptors (Lipinski definition) is 6. The number of likely N-dealkylation sites (tertiary alicyclic amines) is 1. The van der Waals surface area contributed by atoms with Gasteiger partial charge in [0, 0.05) is 18.6 Å². The van der Waals surface area contributed by atoms with Crippen molar-refractivity contribution in [3.63, 3.8) is 0 Å². The molecule has 2 saturated heterocycles. The van der Waals surface area contributed by atoms with Crippen molar-refractivity contribution in [3.05, 3.63) is 24.3 Å². The van der Waals surface area contributed by atoms with E-state index in [1.54, 1.807) is 23.1 Å². The molecule has 0 aromatic rings. The molecule has 0 aromatic heterocycles. The highest BCUT2D eigenvalue weighted by molar-refractivity contribution is 5.99. The van der Waals surface area contributed by atoms with E-state index in [1.807, 2.05) is 26.8 Å². The third-order valence-corrected chi connectivity index (χ3v) is 6.06. The van der Waals surface area contributed by atoms with Crippen molar-refractivity contribution in [2.45, 2.75) is 44.1 Å². The standard InChI is InChI=1S/C20H26N2O6/c1-19(2,3)22-8-5-7-20-14(13-12(28-20)6-4-11-27-18(13)26)16(24)21(9-10-23)15(20)17(22)25/h4-7,12-15,23H,8-11H2,1-3H3/t12-,13+,14-,15?,20-/m0/s1. The summed E-state index contributed by atoms with van der Waals surface area (Å²) in [7, 11) is 0. The summed E-state index contributed by atoms with van der Waals surface area (Å²) >= 11 is 0. The molecule has 1 unspecified atom stereocenters. The molecule has 0 radical (unpaired) electrons. The quantitative estimate of drug-likeness (QED) is 0.521. The smallest absolute Gasteiger partial charge is 0.313 e. The highest BCUT2D eigenvalue weighted by Crippen LogP contribution is 2.53. The van der Waals surface area contributed by atoms with Crippen molar-refractivity contribution in [1.29, 1.82) is 0 Å². The third kappa shape index (κ3) is 2.54. The van der Waals surface area contributed by atoms with Crippen LogP contribution in [0.1, 0.15) is 20.8 Å². The lowest BCUT2D eigenvalue weighted by atomic mass is 9.78. The average Bonchev–Trinajstić information content (AvgIpc) is 2.89. The van der Waals surface area contributed by atoms with Gasteiger partial charge in [-0.2, -0.15) is 0 Å². The van der Waals surface area contributed by atoms with E-state index in [4.69, 9.17) is 9.47 Å². The zero-order chi connectivity index (χ0) is 20.3. The van der Waals surface area contributed by atoms with E-state index in [-0.39, 0.29) is 31.6 Å². The van der Waals surface area contributed by atoms with Gasteiger partial charge in [0.2, 0.25) is 11.8 Å². The van der Waals surface area contributed by atoms with Crippen molar-refractivity contribution in [3.8, 4) is 0 Å². The molecule has 0 bridgehead atoms. The zero-order valence-electron chi connectivity index (χ0n) is 16.3. The van der Waals surface area contributed by atoms with Gasteiger partial charge in [0.15, 0.2) is 0 Å². The van der Waals surface area contributed by atoms with Crippen molar-refractivity contribution in [2.75, 3.05) is 26.3 Å². The maximum atomic E-state index is 13.6. The van der Waals surface area contributed by atoms with Gasteiger partial charge in [-0.15, -0.1) is 0 Å². The molecule has 28 heavy (non-hydrogen) atoms. The number of aliphatic hydroxyl groups is 1. The monoisotopic (exact) mass is 390 g/mol. The molecule has 0 aromatic carbocycles. The number of nitrogens with zero attached hydrogens (tertiary/aromatic N) is 2. The number of cyclic esters (lactones) is 1. The molecule has 4 aliphatic rings. The summed E-state index contributed by atoms with van der Waals surface area (Å²) in [4.78, 5) is 42.7. The van der Waals surface area contributed by atoms with E-state index in [0.717, 1.165) is 0 Å². The van der Waals surface area contributed by atoms with Gasteiger partial charge in [-0.05, 0) is 26.8 Å². The lowest BCUT2D eigenvalue weighted by Crippen LogP contribution is -2.59. The number of esters is 1. The van der Waals surface area contributed by atoms with Crippen LogP contribution in [0.4, 0.5) is 0 Å². The molecule has 4 aliphatic heterocycles. The van der Waals surface area contributed by atoms with Crippen LogP contribution in [-0.2, 0) is 23.9 Å². The van der Waals surface area contributed by atoms with Crippen LogP contribution < -0.4 is 0 Å². The van der Waals surface area contributed by atoms with E-state index in [0.29, 0.717) is 6.54 Å². The first kappa shape index (κ1) is 19.1. The zero-order valence-corrected chi connectivity index (χ0v) is 16.3. The second-order valence-corrected chi connectivity index (χ2v) is 8.68. The first-order valence-electron chi connectivity index (χ1n) is 9.64. The van der Waals surface area contributed by atoms with Gasteiger partial charge in [0.1, 0.15) is 24.2 Å². The van der Waals surface area contributed by atoms with Gasteiger partial charge >= 0.3 is 5.97 Å². The molecule has 8 nitrogen and oxygen atoms in total. The third-order valence-electron chi connectivity index (χ3n) is 6.06. The average molecular weight is 390 g/mol. The molecule has 1 spiro atoms. The Hall–Kier alpha value is -2.19. The summed E-state index contributed by atoms with van der Waals surface area (Å²) in [5, 5.41) is 9.53. The molecule has 4 rings (SSSR count). The SMILES string of the molecule is CC(C)(C)N1CC=C[C@]23O[C@H]4C=CCOC(=O)[C@H]4[C@H]2C(=O)N(CCO)C3C1=O. The van der Waals surface area contributed by atoms with Gasteiger partial charge < -0.3 is 24.4 Å². The number of rotatable bonds is 2. The molecule has 2 amide bonds. The molecule has 2 fully saturated rings. The van der Waals surface area contributed by atoms with Crippen LogP contribution in [0.15, 0.2) is 24.3 Å². The maximum absolute atomic E-state index is 13.6. The summed E-state index contributed by atoms with van der Waals surface area (Å²) in [6.07, 6.45) is 6.44. The molecule has 4 heterocycles. The number of aliphatic hydroxyl groups excluding tert-OH is 1. The molecular weight excluding hydrogens is 364 g/mol. The van der Waals surface area contributed by atoms with Gasteiger partial charge in [-0.3, -0.25) is 14.4 Å². The summed E-state index contributed by atoms with van der Waals surface area (Å²) in [5.74, 6) is -2.75. The fraction of sp³-hybridized carbons (Fsp3) is 0.650. The summed E-state index contributed by atoms with van der Waals surface area (Å²) in [5.41, 5.74) is -1.71. The summed E-state index contributed by atoms with van der Waals surface area (Å²) < 4.78 is 11.6. The number of β-amino-alcohol motifs (C(OH)–C–C–N with tert-alkyl or cyclic N) is 1. The first-order valence-corrected chi connectivity index (χ1v) is 9.64. The van der Waals surface area contributed by atoms with Crippen LogP contribution in [0.3, 0.4) is 0 Å². The van der Waals surface area contributed by atoms with E-state index in [2.05, 4.69) is 0 Å². The highest BCUT2D eigenvalue weighted by atomic mass is 16.6. The van der Waals surface area contributed by atoms with E-state index >= 15 is 0 Å². The van der Waals surface area contributed by atoms with Gasteiger partial charge in [-0.25, -0.2) is 0 Å². The molecule has 5 atom stereocenters. The topological polar surface area (TPSA) is 96.4 Å². The van der Waals surface area contributed by atoms with Crippen LogP contribution >= 0.6 is 0 Å². The number of amides is 2. The Morgan fingerprint density at radius 1 is 1.21 bits per heavy atom. The normalized spacial score (nSPS) is 37.4. The Labute approximate surface area is 163 Å².